The van der Waals surface area contributed by atoms with Crippen LogP contribution in [-0.2, 0) is 12.8 Å². The van der Waals surface area contributed by atoms with Crippen molar-refractivity contribution in [2.24, 2.45) is 11.8 Å². The van der Waals surface area contributed by atoms with Gasteiger partial charge >= 0.3 is 0 Å². The van der Waals surface area contributed by atoms with Gasteiger partial charge in [0.05, 0.1) is 0 Å². The fourth-order valence-corrected chi connectivity index (χ4v) is 1.31. The zero-order valence-electron chi connectivity index (χ0n) is 9.04. The predicted molar refractivity (Wildman–Crippen MR) is 57.8 cm³/mol. The summed E-state index contributed by atoms with van der Waals surface area (Å²) in [5, 5.41) is 0. The number of hydrogen-bond acceptors (Lipinski definition) is 4. The second-order valence-electron chi connectivity index (χ2n) is 3.76. The first-order valence-electron chi connectivity index (χ1n) is 4.99. The minimum absolute atomic E-state index is 0.597. The fourth-order valence-electron chi connectivity index (χ4n) is 1.31. The molecule has 0 radical (unpaired) electrons. The molecule has 4 heteroatoms. The zero-order valence-corrected chi connectivity index (χ0v) is 9.04. The number of nitrogens with zero attached hydrogens (tertiary/aromatic N) is 2. The van der Waals surface area contributed by atoms with E-state index in [4.69, 9.17) is 5.84 Å². The van der Waals surface area contributed by atoms with Crippen molar-refractivity contribution in [1.82, 2.24) is 9.97 Å². The lowest BCUT2D eigenvalue weighted by atomic mass is 10.1. The maximum absolute atomic E-state index is 5.33. The van der Waals surface area contributed by atoms with Gasteiger partial charge in [0.1, 0.15) is 11.6 Å². The lowest BCUT2D eigenvalue weighted by molar-refractivity contribution is 0.631. The Bertz CT molecular complexity index is 274. The van der Waals surface area contributed by atoms with E-state index in [-0.39, 0.29) is 0 Å². The number of hydrazine groups is 1. The van der Waals surface area contributed by atoms with Crippen LogP contribution in [0.15, 0.2) is 6.07 Å². The van der Waals surface area contributed by atoms with Gasteiger partial charge in [-0.2, -0.15) is 0 Å². The van der Waals surface area contributed by atoms with Crippen LogP contribution in [0.3, 0.4) is 0 Å². The van der Waals surface area contributed by atoms with Crippen LogP contribution < -0.4 is 11.3 Å². The lowest BCUT2D eigenvalue weighted by Gasteiger charge is -2.08. The Labute approximate surface area is 84.9 Å². The molecule has 0 bridgehead atoms. The van der Waals surface area contributed by atoms with E-state index in [2.05, 4.69) is 29.2 Å². The van der Waals surface area contributed by atoms with Gasteiger partial charge in [-0.15, -0.1) is 0 Å². The minimum atomic E-state index is 0.597. The second kappa shape index (κ2) is 4.91. The van der Waals surface area contributed by atoms with E-state index in [1.165, 1.54) is 0 Å². The average Bonchev–Trinajstić information content (AvgIpc) is 2.16. The summed E-state index contributed by atoms with van der Waals surface area (Å²) in [6, 6.07) is 1.90. The molecular formula is C10H18N4. The van der Waals surface area contributed by atoms with Crippen LogP contribution in [0.25, 0.3) is 0 Å². The molecule has 0 unspecified atom stereocenters. The number of nitrogens with two attached hydrogens (primary N) is 1. The van der Waals surface area contributed by atoms with E-state index in [0.717, 1.165) is 24.4 Å². The first kappa shape index (κ1) is 10.9. The number of anilines is 1. The molecule has 14 heavy (non-hydrogen) atoms. The van der Waals surface area contributed by atoms with Crippen LogP contribution in [0, 0.1) is 5.92 Å². The molecule has 0 fully saturated rings. The highest BCUT2D eigenvalue weighted by atomic mass is 15.3. The molecule has 0 saturated carbocycles. The van der Waals surface area contributed by atoms with Gasteiger partial charge < -0.3 is 5.43 Å². The smallest absolute Gasteiger partial charge is 0.143 e. The Balaban J connectivity index is 2.92. The molecule has 0 aliphatic carbocycles. The van der Waals surface area contributed by atoms with E-state index in [0.29, 0.717) is 11.7 Å². The van der Waals surface area contributed by atoms with Crippen molar-refractivity contribution in [3.05, 3.63) is 17.6 Å². The highest BCUT2D eigenvalue weighted by molar-refractivity contribution is 5.34. The molecule has 3 N–H and O–H groups in total. The molecule has 0 spiro atoms. The van der Waals surface area contributed by atoms with E-state index < -0.39 is 0 Å². The Morgan fingerprint density at radius 2 is 2.14 bits per heavy atom. The fraction of sp³-hybridized carbons (Fsp3) is 0.600. The molecule has 0 amide bonds. The number of rotatable bonds is 4. The van der Waals surface area contributed by atoms with Crippen molar-refractivity contribution < 1.29 is 0 Å². The summed E-state index contributed by atoms with van der Waals surface area (Å²) in [5.41, 5.74) is 3.62. The third-order valence-electron chi connectivity index (χ3n) is 1.91. The molecule has 0 aliphatic heterocycles. The largest absolute Gasteiger partial charge is 0.308 e. The average molecular weight is 194 g/mol. The molecule has 1 aromatic rings. The number of nitrogen functional groups attached to an aromatic ring is 1. The molecule has 0 aliphatic rings. The Hall–Kier alpha value is -1.16. The first-order chi connectivity index (χ1) is 6.65. The summed E-state index contributed by atoms with van der Waals surface area (Å²) in [5.74, 6) is 7.48. The van der Waals surface area contributed by atoms with Crippen molar-refractivity contribution in [1.29, 1.82) is 0 Å². The second-order valence-corrected chi connectivity index (χ2v) is 3.76. The van der Waals surface area contributed by atoms with Crippen LogP contribution in [0.4, 0.5) is 5.82 Å². The van der Waals surface area contributed by atoms with E-state index in [1.54, 1.807) is 0 Å². The summed E-state index contributed by atoms with van der Waals surface area (Å²) in [6.45, 7) is 6.38. The Morgan fingerprint density at radius 1 is 1.43 bits per heavy atom. The standard InChI is InChI=1S/C10H18N4/c1-4-9-12-8(5-7(2)3)6-10(13-9)14-11/h6-7H,4-5,11H2,1-3H3,(H,12,13,14). The topological polar surface area (TPSA) is 63.8 Å². The van der Waals surface area contributed by atoms with Crippen molar-refractivity contribution in [3.8, 4) is 0 Å². The van der Waals surface area contributed by atoms with Gasteiger partial charge in [-0.25, -0.2) is 15.8 Å². The van der Waals surface area contributed by atoms with Crippen LogP contribution in [0.5, 0.6) is 0 Å². The van der Waals surface area contributed by atoms with Gasteiger partial charge in [0.25, 0.3) is 0 Å². The van der Waals surface area contributed by atoms with Gasteiger partial charge in [0, 0.05) is 18.2 Å². The van der Waals surface area contributed by atoms with E-state index >= 15 is 0 Å². The van der Waals surface area contributed by atoms with Gasteiger partial charge in [0.2, 0.25) is 0 Å². The van der Waals surface area contributed by atoms with Gasteiger partial charge in [0.15, 0.2) is 0 Å². The normalized spacial score (nSPS) is 10.6. The summed E-state index contributed by atoms with van der Waals surface area (Å²) in [7, 11) is 0. The quantitative estimate of drug-likeness (QED) is 0.563. The highest BCUT2D eigenvalue weighted by Crippen LogP contribution is 2.10. The zero-order chi connectivity index (χ0) is 10.6. The van der Waals surface area contributed by atoms with Crippen molar-refractivity contribution in [3.63, 3.8) is 0 Å². The monoisotopic (exact) mass is 194 g/mol. The number of nitrogens with one attached hydrogen (secondary N) is 1. The molecule has 0 aromatic carbocycles. The number of aromatic nitrogens is 2. The first-order valence-corrected chi connectivity index (χ1v) is 4.99. The minimum Gasteiger partial charge on any atom is -0.308 e. The maximum atomic E-state index is 5.33. The Morgan fingerprint density at radius 3 is 2.64 bits per heavy atom. The summed E-state index contributed by atoms with van der Waals surface area (Å²) >= 11 is 0. The van der Waals surface area contributed by atoms with Crippen LogP contribution in [0.1, 0.15) is 32.3 Å². The van der Waals surface area contributed by atoms with Crippen LogP contribution in [-0.4, -0.2) is 9.97 Å². The summed E-state index contributed by atoms with van der Waals surface area (Å²) < 4.78 is 0. The van der Waals surface area contributed by atoms with Crippen molar-refractivity contribution >= 4 is 5.82 Å². The molecule has 0 atom stereocenters. The highest BCUT2D eigenvalue weighted by Gasteiger charge is 2.04. The van der Waals surface area contributed by atoms with E-state index in [9.17, 15) is 0 Å². The molecule has 78 valence electrons. The molecule has 1 aromatic heterocycles. The number of hydrogen-bond donors (Lipinski definition) is 2. The SMILES string of the molecule is CCc1nc(CC(C)C)cc(NN)n1. The van der Waals surface area contributed by atoms with Gasteiger partial charge in [-0.1, -0.05) is 20.8 Å². The molecule has 1 rings (SSSR count). The van der Waals surface area contributed by atoms with Gasteiger partial charge in [-0.05, 0) is 12.3 Å². The predicted octanol–water partition coefficient (Wildman–Crippen LogP) is 1.52. The van der Waals surface area contributed by atoms with Gasteiger partial charge in [-0.3, -0.25) is 0 Å². The van der Waals surface area contributed by atoms with Crippen LogP contribution in [0.2, 0.25) is 0 Å². The molecule has 1 heterocycles. The number of aryl methyl sites for hydroxylation is 1. The summed E-state index contributed by atoms with van der Waals surface area (Å²) in [6.07, 6.45) is 1.80. The molecular weight excluding hydrogens is 176 g/mol. The Kier molecular flexibility index (Phi) is 3.83. The van der Waals surface area contributed by atoms with Crippen LogP contribution >= 0.6 is 0 Å². The lowest BCUT2D eigenvalue weighted by Crippen LogP contribution is -2.12. The maximum Gasteiger partial charge on any atom is 0.143 e. The molecule has 4 nitrogen and oxygen atoms in total. The molecule has 0 saturated heterocycles. The van der Waals surface area contributed by atoms with Crippen molar-refractivity contribution in [2.45, 2.75) is 33.6 Å². The summed E-state index contributed by atoms with van der Waals surface area (Å²) in [4.78, 5) is 8.66. The third-order valence-corrected chi connectivity index (χ3v) is 1.91. The van der Waals surface area contributed by atoms with E-state index in [1.807, 2.05) is 13.0 Å². The van der Waals surface area contributed by atoms with Crippen molar-refractivity contribution in [2.75, 3.05) is 5.43 Å². The third kappa shape index (κ3) is 2.96.